The summed E-state index contributed by atoms with van der Waals surface area (Å²) < 4.78 is 2.21. The van der Waals surface area contributed by atoms with E-state index in [4.69, 9.17) is 4.99 Å². The molecule has 9 heteroatoms. The van der Waals surface area contributed by atoms with E-state index in [-0.39, 0.29) is 11.6 Å². The maximum absolute atomic E-state index is 13.8. The third-order valence-electron chi connectivity index (χ3n) is 7.84. The molecule has 0 saturated carbocycles. The van der Waals surface area contributed by atoms with Crippen molar-refractivity contribution in [3.8, 4) is 5.00 Å². The van der Waals surface area contributed by atoms with Gasteiger partial charge in [0.05, 0.1) is 16.2 Å². The van der Waals surface area contributed by atoms with Gasteiger partial charge in [0.2, 0.25) is 0 Å². The molecule has 1 aliphatic carbocycles. The Hall–Kier alpha value is -4.47. The van der Waals surface area contributed by atoms with Crippen LogP contribution in [0.2, 0.25) is 0 Å². The third-order valence-corrected chi connectivity index (χ3v) is 10.1. The lowest BCUT2D eigenvalue weighted by atomic mass is 9.95. The number of rotatable bonds is 8. The number of hydrogen-bond acceptors (Lipinski definition) is 6. The number of benzene rings is 3. The second kappa shape index (κ2) is 12.6. The summed E-state index contributed by atoms with van der Waals surface area (Å²) >= 11 is 3.28. The predicted octanol–water partition coefficient (Wildman–Crippen LogP) is 9.41. The maximum Gasteiger partial charge on any atom is 0.269 e. The molecule has 5 aromatic rings. The Morgan fingerprint density at radius 3 is 2.30 bits per heavy atom. The summed E-state index contributed by atoms with van der Waals surface area (Å²) in [4.78, 5) is 32.3. The smallest absolute Gasteiger partial charge is 0.269 e. The lowest BCUT2D eigenvalue weighted by molar-refractivity contribution is -0.384. The molecule has 0 unspecified atom stereocenters. The minimum atomic E-state index is -0.394. The first-order valence-electron chi connectivity index (χ1n) is 14.5. The molecular weight excluding hydrogens is 589 g/mol. The largest absolute Gasteiger partial charge is 0.322 e. The number of aromatic nitrogens is 1. The summed E-state index contributed by atoms with van der Waals surface area (Å²) in [6.45, 7) is 6.20. The summed E-state index contributed by atoms with van der Waals surface area (Å²) in [5.74, 6) is -0.0577. The van der Waals surface area contributed by atoms with Gasteiger partial charge in [-0.25, -0.2) is 0 Å². The van der Waals surface area contributed by atoms with Crippen LogP contribution in [0, 0.1) is 30.9 Å². The number of amides is 1. The number of nitrogens with one attached hydrogen (secondary N) is 1. The van der Waals surface area contributed by atoms with Crippen LogP contribution in [0.15, 0.2) is 93.6 Å². The number of aryl methyl sites for hydroxylation is 3. The Morgan fingerprint density at radius 1 is 0.955 bits per heavy atom. The quantitative estimate of drug-likeness (QED) is 0.106. The average Bonchev–Trinajstić information content (AvgIpc) is 3.53. The van der Waals surface area contributed by atoms with E-state index in [0.29, 0.717) is 0 Å². The fourth-order valence-corrected chi connectivity index (χ4v) is 7.83. The van der Waals surface area contributed by atoms with E-state index in [1.165, 1.54) is 22.6 Å². The summed E-state index contributed by atoms with van der Waals surface area (Å²) in [7, 11) is 0. The van der Waals surface area contributed by atoms with Gasteiger partial charge >= 0.3 is 0 Å². The molecule has 7 nitrogen and oxygen atoms in total. The van der Waals surface area contributed by atoms with Gasteiger partial charge in [-0.3, -0.25) is 19.9 Å². The van der Waals surface area contributed by atoms with Crippen molar-refractivity contribution in [1.82, 2.24) is 4.57 Å². The Balaban J connectivity index is 1.24. The molecular formula is C35H32N4O3S2. The van der Waals surface area contributed by atoms with E-state index in [9.17, 15) is 14.9 Å². The normalized spacial score (nSPS) is 12.8. The van der Waals surface area contributed by atoms with Crippen LogP contribution in [0.4, 0.5) is 17.1 Å². The van der Waals surface area contributed by atoms with Gasteiger partial charge in [0, 0.05) is 55.7 Å². The highest BCUT2D eigenvalue weighted by Gasteiger charge is 2.28. The number of anilines is 1. The Kier molecular flexibility index (Phi) is 8.50. The zero-order valence-electron chi connectivity index (χ0n) is 24.8. The summed E-state index contributed by atoms with van der Waals surface area (Å²) in [6.07, 6.45) is 6.07. The number of aliphatic imine (C=N–C) groups is 1. The molecule has 2 aromatic heterocycles. The van der Waals surface area contributed by atoms with Crippen molar-refractivity contribution in [2.24, 2.45) is 4.99 Å². The molecule has 0 spiro atoms. The van der Waals surface area contributed by atoms with E-state index in [0.717, 1.165) is 79.9 Å². The summed E-state index contributed by atoms with van der Waals surface area (Å²) in [5, 5.41) is 15.0. The van der Waals surface area contributed by atoms with Gasteiger partial charge < -0.3 is 9.88 Å². The summed E-state index contributed by atoms with van der Waals surface area (Å²) in [6, 6.07) is 24.5. The molecule has 0 bridgehead atoms. The van der Waals surface area contributed by atoms with Gasteiger partial charge in [-0.05, 0) is 107 Å². The molecule has 6 rings (SSSR count). The number of non-ortho nitro benzene ring substituents is 1. The van der Waals surface area contributed by atoms with Gasteiger partial charge in [0.15, 0.2) is 0 Å². The molecule has 1 N–H and O–H groups in total. The average molecular weight is 621 g/mol. The van der Waals surface area contributed by atoms with Crippen molar-refractivity contribution in [3.05, 3.63) is 127 Å². The van der Waals surface area contributed by atoms with E-state index in [1.807, 2.05) is 61.7 Å². The number of carbonyl (C=O) groups excluding carboxylic acids is 1. The van der Waals surface area contributed by atoms with Gasteiger partial charge in [0.25, 0.3) is 11.6 Å². The Morgan fingerprint density at radius 2 is 1.61 bits per heavy atom. The number of hydrogen-bond donors (Lipinski definition) is 1. The molecule has 0 atom stereocenters. The van der Waals surface area contributed by atoms with E-state index in [1.54, 1.807) is 35.2 Å². The molecule has 222 valence electrons. The monoisotopic (exact) mass is 620 g/mol. The van der Waals surface area contributed by atoms with E-state index in [2.05, 4.69) is 29.8 Å². The van der Waals surface area contributed by atoms with Crippen LogP contribution in [0.25, 0.3) is 5.00 Å². The molecule has 44 heavy (non-hydrogen) atoms. The van der Waals surface area contributed by atoms with Crippen molar-refractivity contribution in [1.29, 1.82) is 0 Å². The second-order valence-corrected chi connectivity index (χ2v) is 13.2. The highest BCUT2D eigenvalue weighted by atomic mass is 32.2. The van der Waals surface area contributed by atoms with E-state index >= 15 is 0 Å². The first kappa shape index (κ1) is 29.6. The van der Waals surface area contributed by atoms with Crippen LogP contribution in [0.5, 0.6) is 0 Å². The van der Waals surface area contributed by atoms with Crippen LogP contribution in [-0.4, -0.2) is 21.6 Å². The Labute approximate surface area is 264 Å². The summed E-state index contributed by atoms with van der Waals surface area (Å²) in [5.41, 5.74) is 7.94. The highest BCUT2D eigenvalue weighted by molar-refractivity contribution is 7.99. The van der Waals surface area contributed by atoms with Gasteiger partial charge in [-0.1, -0.05) is 29.5 Å². The predicted molar refractivity (Wildman–Crippen MR) is 180 cm³/mol. The molecule has 0 aliphatic heterocycles. The molecule has 3 aromatic carbocycles. The standard InChI is InChI=1S/C35H32N4O3S2/c1-22-8-10-27(11-9-22)37-34(40)33-31-6-4-5-7-32(31)44-35(33)38-23(2)20-25(24(38)3)21-36-26-12-16-29(17-13-26)43-30-18-14-28(15-19-30)39(41)42/h8-21H,4-7H2,1-3H3,(H,37,40). The van der Waals surface area contributed by atoms with Crippen LogP contribution < -0.4 is 5.32 Å². The molecule has 1 amide bonds. The number of thiophene rings is 1. The van der Waals surface area contributed by atoms with Crippen molar-refractivity contribution >= 4 is 52.3 Å². The Bertz CT molecular complexity index is 1870. The molecule has 1 aliphatic rings. The van der Waals surface area contributed by atoms with Crippen LogP contribution in [0.1, 0.15) is 56.2 Å². The zero-order chi connectivity index (χ0) is 30.8. The first-order chi connectivity index (χ1) is 21.3. The van der Waals surface area contributed by atoms with Crippen LogP contribution in [0.3, 0.4) is 0 Å². The minimum Gasteiger partial charge on any atom is -0.322 e. The SMILES string of the molecule is Cc1ccc(NC(=O)c2c(-n3c(C)cc(C=Nc4ccc(Sc5ccc([N+](=O)[O-])cc5)cc4)c3C)sc3c2CCCC3)cc1. The zero-order valence-corrected chi connectivity index (χ0v) is 26.4. The number of carbonyl (C=O) groups is 1. The highest BCUT2D eigenvalue weighted by Crippen LogP contribution is 2.39. The van der Waals surface area contributed by atoms with Crippen LogP contribution >= 0.6 is 23.1 Å². The minimum absolute atomic E-state index is 0.0577. The van der Waals surface area contributed by atoms with Gasteiger partial charge in [0.1, 0.15) is 5.00 Å². The van der Waals surface area contributed by atoms with Crippen LogP contribution in [-0.2, 0) is 12.8 Å². The third kappa shape index (κ3) is 6.25. The number of nitro groups is 1. The topological polar surface area (TPSA) is 89.5 Å². The number of fused-ring (bicyclic) bond motifs is 1. The fourth-order valence-electron chi connectivity index (χ4n) is 5.52. The van der Waals surface area contributed by atoms with E-state index < -0.39 is 4.92 Å². The number of nitrogens with zero attached hydrogens (tertiary/aromatic N) is 3. The molecule has 0 fully saturated rings. The molecule has 2 heterocycles. The number of nitro benzene ring substituents is 1. The van der Waals surface area contributed by atoms with Crippen molar-refractivity contribution in [3.63, 3.8) is 0 Å². The van der Waals surface area contributed by atoms with Gasteiger partial charge in [-0.15, -0.1) is 11.3 Å². The molecule has 0 radical (unpaired) electrons. The maximum atomic E-state index is 13.8. The van der Waals surface area contributed by atoms with Crippen molar-refractivity contribution < 1.29 is 9.72 Å². The van der Waals surface area contributed by atoms with Crippen molar-refractivity contribution in [2.75, 3.05) is 5.32 Å². The fraction of sp³-hybridized carbons (Fsp3) is 0.200. The van der Waals surface area contributed by atoms with Crippen molar-refractivity contribution in [2.45, 2.75) is 56.2 Å². The molecule has 0 saturated heterocycles. The van der Waals surface area contributed by atoms with Gasteiger partial charge in [-0.2, -0.15) is 0 Å². The lowest BCUT2D eigenvalue weighted by Gasteiger charge is -2.14. The second-order valence-electron chi connectivity index (χ2n) is 11.0. The first-order valence-corrected chi connectivity index (χ1v) is 16.2. The lowest BCUT2D eigenvalue weighted by Crippen LogP contribution is -2.17.